The van der Waals surface area contributed by atoms with E-state index in [0.717, 1.165) is 56.3 Å². The molecule has 6 rings (SSSR count). The van der Waals surface area contributed by atoms with Crippen molar-refractivity contribution >= 4 is 35.7 Å². The fraction of sp³-hybridized carbons (Fsp3) is 0.583. The molecule has 3 fully saturated rings. The highest BCUT2D eigenvalue weighted by molar-refractivity contribution is 6.32. The molecule has 10 nitrogen and oxygen atoms in total. The zero-order valence-electron chi connectivity index (χ0n) is 27.6. The number of carboxylic acid groups (broad SMARTS) is 1. The van der Waals surface area contributed by atoms with Gasteiger partial charge in [0.25, 0.3) is 6.09 Å². The average Bonchev–Trinajstić information content (AvgIpc) is 3.22. The summed E-state index contributed by atoms with van der Waals surface area (Å²) in [6.07, 6.45) is 5.09. The van der Waals surface area contributed by atoms with Crippen molar-refractivity contribution in [1.29, 1.82) is 0 Å². The third-order valence-corrected chi connectivity index (χ3v) is 12.0. The number of nitrogens with zero attached hydrogens (tertiary/aromatic N) is 4. The van der Waals surface area contributed by atoms with Gasteiger partial charge in [-0.3, -0.25) is 9.38 Å². The Morgan fingerprint density at radius 2 is 1.79 bits per heavy atom. The molecule has 3 atom stereocenters. The highest BCUT2D eigenvalue weighted by Crippen LogP contribution is 2.46. The number of rotatable bonds is 7. The van der Waals surface area contributed by atoms with Gasteiger partial charge in [-0.1, -0.05) is 43.6 Å². The van der Waals surface area contributed by atoms with Crippen LogP contribution in [0.25, 0.3) is 0 Å². The fourth-order valence-electron chi connectivity index (χ4n) is 8.81. The number of hydrogen-bond donors (Lipinski definition) is 2. The highest BCUT2D eigenvalue weighted by Gasteiger charge is 2.61. The van der Waals surface area contributed by atoms with E-state index in [-0.39, 0.29) is 42.4 Å². The van der Waals surface area contributed by atoms with E-state index in [4.69, 9.17) is 11.6 Å². The van der Waals surface area contributed by atoms with Gasteiger partial charge < -0.3 is 34.9 Å². The number of amides is 3. The summed E-state index contributed by atoms with van der Waals surface area (Å²) < 4.78 is -0.471. The van der Waals surface area contributed by atoms with Gasteiger partial charge in [0, 0.05) is 55.8 Å². The van der Waals surface area contributed by atoms with Gasteiger partial charge in [0.1, 0.15) is 18.6 Å². The van der Waals surface area contributed by atoms with Crippen molar-refractivity contribution in [3.63, 3.8) is 0 Å². The first-order valence-corrected chi connectivity index (χ1v) is 17.5. The largest absolute Gasteiger partial charge is 0.506 e. The molecule has 47 heavy (non-hydrogen) atoms. The average molecular weight is 666 g/mol. The smallest absolute Gasteiger partial charge is 0.322 e. The van der Waals surface area contributed by atoms with Gasteiger partial charge in [-0.15, -0.1) is 0 Å². The fourth-order valence-corrected chi connectivity index (χ4v) is 9.01. The van der Waals surface area contributed by atoms with Crippen LogP contribution in [0.15, 0.2) is 42.5 Å². The summed E-state index contributed by atoms with van der Waals surface area (Å²) in [4.78, 5) is 46.7. The Balaban J connectivity index is 1.34. The number of aromatic hydroxyl groups is 1. The second kappa shape index (κ2) is 13.4. The van der Waals surface area contributed by atoms with Crippen molar-refractivity contribution in [1.82, 2.24) is 14.7 Å². The van der Waals surface area contributed by atoms with Gasteiger partial charge in [-0.2, -0.15) is 0 Å². The van der Waals surface area contributed by atoms with E-state index in [1.807, 2.05) is 29.2 Å². The van der Waals surface area contributed by atoms with E-state index in [0.29, 0.717) is 55.9 Å². The zero-order valence-corrected chi connectivity index (χ0v) is 28.4. The number of fused-ring (bicyclic) bond motifs is 1. The van der Waals surface area contributed by atoms with Crippen LogP contribution in [0.4, 0.5) is 15.3 Å². The molecule has 4 aliphatic rings. The molecule has 0 aliphatic carbocycles. The number of quaternary nitrogens is 1. The lowest BCUT2D eigenvalue weighted by atomic mass is 9.80. The standard InChI is InChI=1S/C36H48ClN5O5/c1-35(2)13-19-39(20-14-35)28-10-16-40(17-11-28)36(15-22-43)24-29(41-18-9-27-5-3-4-6-31(27)38-33(41)45)12-21-42(36,34(46)47)25-26-7-8-32(44)30(37)23-26/h3-8,22-23,28-29H,9-21,24-25H2,1-2H3,(H2-,38,44,45,46,47)/t29?,36?,42-/m0/s1. The van der Waals surface area contributed by atoms with Crippen molar-refractivity contribution < 1.29 is 29.1 Å². The molecule has 2 aromatic rings. The molecule has 0 spiro atoms. The molecule has 0 saturated carbocycles. The molecule has 2 N–H and O–H groups in total. The van der Waals surface area contributed by atoms with Gasteiger partial charge in [0.15, 0.2) is 5.66 Å². The molecule has 4 heterocycles. The van der Waals surface area contributed by atoms with Crippen LogP contribution in [0.3, 0.4) is 0 Å². The number of para-hydroxylation sites is 1. The topological polar surface area (TPSA) is 116 Å². The summed E-state index contributed by atoms with van der Waals surface area (Å²) in [5, 5.41) is 26.9. The zero-order chi connectivity index (χ0) is 33.4. The molecule has 2 aromatic carbocycles. The molecule has 0 bridgehead atoms. The molecule has 0 radical (unpaired) electrons. The van der Waals surface area contributed by atoms with Crippen molar-refractivity contribution in [2.24, 2.45) is 5.41 Å². The number of nitrogens with one attached hydrogen (secondary N) is 1. The number of benzene rings is 2. The van der Waals surface area contributed by atoms with Crippen LogP contribution in [0.1, 0.15) is 69.9 Å². The Hall–Kier alpha value is -3.18. The molecule has 3 saturated heterocycles. The van der Waals surface area contributed by atoms with Gasteiger partial charge in [-0.25, -0.2) is 4.79 Å². The summed E-state index contributed by atoms with van der Waals surface area (Å²) in [5.41, 5.74) is 1.70. The number of phenolic OH excluding ortho intramolecular Hbond substituents is 1. The Bertz CT molecular complexity index is 1490. The predicted molar refractivity (Wildman–Crippen MR) is 179 cm³/mol. The van der Waals surface area contributed by atoms with E-state index in [9.17, 15) is 24.6 Å². The Morgan fingerprint density at radius 3 is 2.47 bits per heavy atom. The van der Waals surface area contributed by atoms with Crippen LogP contribution in [-0.2, 0) is 17.8 Å². The maximum atomic E-state index is 13.7. The second-order valence-corrected chi connectivity index (χ2v) is 15.3. The number of halogens is 1. The SMILES string of the molecule is CC1(C)CCN(C2CCN(C3(CC=O)CC(N4CCc5ccccc5NC4=O)CC[N@+]3(Cc3ccc(O)c(Cl)c3)C(=O)[O-])CC2)CC1. The summed E-state index contributed by atoms with van der Waals surface area (Å²) in [7, 11) is 0. The highest BCUT2D eigenvalue weighted by atomic mass is 35.5. The van der Waals surface area contributed by atoms with Crippen molar-refractivity contribution in [3.05, 3.63) is 58.6 Å². The third-order valence-electron chi connectivity index (χ3n) is 11.7. The van der Waals surface area contributed by atoms with Crippen LogP contribution in [-0.4, -0.2) is 99.7 Å². The lowest BCUT2D eigenvalue weighted by molar-refractivity contribution is -0.956. The van der Waals surface area contributed by atoms with Gasteiger partial charge in [0.2, 0.25) is 0 Å². The molecule has 2 unspecified atom stereocenters. The normalized spacial score (nSPS) is 29.0. The minimum absolute atomic E-state index is 0.0124. The van der Waals surface area contributed by atoms with Gasteiger partial charge in [-0.05, 0) is 80.4 Å². The number of piperidine rings is 3. The van der Waals surface area contributed by atoms with E-state index in [1.165, 1.54) is 6.07 Å². The monoisotopic (exact) mass is 665 g/mol. The Morgan fingerprint density at radius 1 is 1.06 bits per heavy atom. The molecule has 254 valence electrons. The summed E-state index contributed by atoms with van der Waals surface area (Å²) >= 11 is 6.30. The quantitative estimate of drug-likeness (QED) is 0.322. The van der Waals surface area contributed by atoms with E-state index < -0.39 is 16.2 Å². The minimum Gasteiger partial charge on any atom is -0.506 e. The first-order valence-electron chi connectivity index (χ1n) is 17.1. The van der Waals surface area contributed by atoms with Gasteiger partial charge in [0.05, 0.1) is 18.0 Å². The summed E-state index contributed by atoms with van der Waals surface area (Å²) in [6, 6.07) is 12.5. The van der Waals surface area contributed by atoms with Crippen molar-refractivity contribution in [2.75, 3.05) is 44.6 Å². The van der Waals surface area contributed by atoms with Crippen molar-refractivity contribution in [3.8, 4) is 5.75 Å². The van der Waals surface area contributed by atoms with Crippen LogP contribution in [0.2, 0.25) is 5.02 Å². The molecule has 3 amide bonds. The lowest BCUT2D eigenvalue weighted by Crippen LogP contribution is -2.80. The first-order chi connectivity index (χ1) is 22.5. The predicted octanol–water partition coefficient (Wildman–Crippen LogP) is 4.83. The molecule has 11 heteroatoms. The number of carbonyl (C=O) groups excluding carboxylic acids is 3. The van der Waals surface area contributed by atoms with Gasteiger partial charge >= 0.3 is 6.03 Å². The van der Waals surface area contributed by atoms with Crippen LogP contribution in [0, 0.1) is 5.41 Å². The number of aldehydes is 1. The number of likely N-dealkylation sites (tertiary alicyclic amines) is 3. The van der Waals surface area contributed by atoms with Crippen LogP contribution in [0.5, 0.6) is 5.75 Å². The lowest BCUT2D eigenvalue weighted by Gasteiger charge is -2.62. The van der Waals surface area contributed by atoms with E-state index in [2.05, 4.69) is 29.0 Å². The molecular weight excluding hydrogens is 618 g/mol. The number of urea groups is 1. The summed E-state index contributed by atoms with van der Waals surface area (Å²) in [6.45, 7) is 8.79. The minimum atomic E-state index is -1.25. The van der Waals surface area contributed by atoms with Crippen LogP contribution < -0.4 is 10.4 Å². The Labute approximate surface area is 282 Å². The third kappa shape index (κ3) is 6.49. The van der Waals surface area contributed by atoms with E-state index >= 15 is 0 Å². The van der Waals surface area contributed by atoms with E-state index in [1.54, 1.807) is 12.1 Å². The maximum absolute atomic E-state index is 13.7. The molecular formula is C36H48ClN5O5. The number of carbonyl (C=O) groups is 3. The summed E-state index contributed by atoms with van der Waals surface area (Å²) in [5.74, 6) is -0.0791. The van der Waals surface area contributed by atoms with Crippen molar-refractivity contribution in [2.45, 2.75) is 89.5 Å². The van der Waals surface area contributed by atoms with Crippen LogP contribution >= 0.6 is 11.6 Å². The second-order valence-electron chi connectivity index (χ2n) is 14.9. The molecule has 4 aliphatic heterocycles. The number of hydrogen-bond acceptors (Lipinski definition) is 7. The number of phenols is 1. The first kappa shape index (κ1) is 33.7. The number of anilines is 1. The Kier molecular flexibility index (Phi) is 9.60. The maximum Gasteiger partial charge on any atom is 0.322 e. The molecule has 0 aromatic heterocycles.